The average molecular weight is 526 g/mol. The van der Waals surface area contributed by atoms with E-state index in [0.29, 0.717) is 23.6 Å². The van der Waals surface area contributed by atoms with E-state index < -0.39 is 30.3 Å². The summed E-state index contributed by atoms with van der Waals surface area (Å²) in [5.74, 6) is -0.780. The Hall–Kier alpha value is -4.42. The summed E-state index contributed by atoms with van der Waals surface area (Å²) in [6.07, 6.45) is 2.37. The number of carboxylic acids is 1. The highest BCUT2D eigenvalue weighted by atomic mass is 35.5. The Morgan fingerprint density at radius 2 is 1.76 bits per heavy atom. The molecule has 4 rings (SSSR count). The van der Waals surface area contributed by atoms with Crippen LogP contribution >= 0.6 is 12.4 Å². The molecule has 0 saturated carbocycles. The number of tetrazole rings is 1. The highest BCUT2D eigenvalue weighted by Gasteiger charge is 2.20. The summed E-state index contributed by atoms with van der Waals surface area (Å²) in [5.41, 5.74) is 8.06. The number of nitrogens with zero attached hydrogens (tertiary/aromatic N) is 6. The van der Waals surface area contributed by atoms with Gasteiger partial charge >= 0.3 is 12.1 Å². The molecule has 0 amide bonds. The maximum absolute atomic E-state index is 12.6. The zero-order valence-corrected chi connectivity index (χ0v) is 20.3. The molecule has 4 aromatic rings. The molecule has 0 bridgehead atoms. The lowest BCUT2D eigenvalue weighted by molar-refractivity contribution is -0.139. The van der Waals surface area contributed by atoms with Crippen molar-refractivity contribution in [1.29, 1.82) is 0 Å². The van der Waals surface area contributed by atoms with E-state index in [1.54, 1.807) is 12.1 Å². The molecule has 0 aliphatic heterocycles. The van der Waals surface area contributed by atoms with Crippen molar-refractivity contribution in [3.05, 3.63) is 83.9 Å². The summed E-state index contributed by atoms with van der Waals surface area (Å²) in [6.45, 7) is -0.0773. The van der Waals surface area contributed by atoms with E-state index in [9.17, 15) is 14.4 Å². The van der Waals surface area contributed by atoms with Crippen LogP contribution in [0.1, 0.15) is 23.4 Å². The third-order valence-corrected chi connectivity index (χ3v) is 5.34. The van der Waals surface area contributed by atoms with Gasteiger partial charge in [0.1, 0.15) is 19.0 Å². The number of ether oxygens (including phenoxy) is 1. The molecule has 2 heterocycles. The van der Waals surface area contributed by atoms with Crippen LogP contribution in [0.2, 0.25) is 0 Å². The minimum absolute atomic E-state index is 0. The molecule has 1 atom stereocenters. The fraction of sp³-hybridized carbons (Fsp3) is 0.208. The highest BCUT2D eigenvalue weighted by Crippen LogP contribution is 2.20. The van der Waals surface area contributed by atoms with Gasteiger partial charge in [-0.15, -0.1) is 17.5 Å². The second-order valence-corrected chi connectivity index (χ2v) is 7.96. The van der Waals surface area contributed by atoms with Crippen molar-refractivity contribution >= 4 is 30.3 Å². The fourth-order valence-corrected chi connectivity index (χ4v) is 3.45. The Kier molecular flexibility index (Phi) is 9.19. The van der Waals surface area contributed by atoms with Crippen LogP contribution in [0.3, 0.4) is 0 Å². The van der Waals surface area contributed by atoms with Crippen molar-refractivity contribution in [3.8, 4) is 11.4 Å². The molecule has 13 heteroatoms. The largest absolute Gasteiger partial charge is 0.481 e. The van der Waals surface area contributed by atoms with Gasteiger partial charge in [-0.2, -0.15) is 0 Å². The van der Waals surface area contributed by atoms with Crippen molar-refractivity contribution in [2.45, 2.75) is 32.0 Å². The number of ketones is 1. The van der Waals surface area contributed by atoms with Gasteiger partial charge in [-0.1, -0.05) is 54.6 Å². The van der Waals surface area contributed by atoms with Crippen LogP contribution in [-0.2, 0) is 33.9 Å². The Balaban J connectivity index is 0.00000380. The third-order valence-electron chi connectivity index (χ3n) is 5.34. The smallest absolute Gasteiger partial charge is 0.420 e. The summed E-state index contributed by atoms with van der Waals surface area (Å²) in [6, 6.07) is 15.5. The number of hydrogen-bond acceptors (Lipinski definition) is 9. The van der Waals surface area contributed by atoms with E-state index in [0.717, 1.165) is 11.1 Å². The highest BCUT2D eigenvalue weighted by molar-refractivity contribution is 5.87. The number of carbonyl (C=O) groups is 3. The molecule has 0 aliphatic rings. The molecular weight excluding hydrogens is 502 g/mol. The number of aromatic nitrogens is 6. The summed E-state index contributed by atoms with van der Waals surface area (Å²) in [4.78, 5) is 39.8. The normalized spacial score (nSPS) is 11.4. The van der Waals surface area contributed by atoms with Crippen LogP contribution in [0.25, 0.3) is 11.4 Å². The van der Waals surface area contributed by atoms with Gasteiger partial charge in [-0.25, -0.2) is 19.0 Å². The fourth-order valence-electron chi connectivity index (χ4n) is 3.45. The minimum atomic E-state index is -1.15. The van der Waals surface area contributed by atoms with E-state index in [-0.39, 0.29) is 25.6 Å². The number of rotatable bonds is 10. The number of halogens is 1. The van der Waals surface area contributed by atoms with Gasteiger partial charge < -0.3 is 15.6 Å². The van der Waals surface area contributed by atoms with Crippen LogP contribution in [0.5, 0.6) is 0 Å². The van der Waals surface area contributed by atoms with Crippen LogP contribution in [-0.4, -0.2) is 58.8 Å². The standard InChI is InChI=1S/C24H23N7O5.ClH/c25-19(13-22(33)34)20(32)14-31-21(27-28-29-31)12-16-6-8-18(9-7-16)23-26-10-11-30(23)24(35)36-15-17-4-2-1-3-5-17;/h1-11,19H,12-15,25H2,(H,33,34);1H. The first-order valence-corrected chi connectivity index (χ1v) is 11.0. The molecule has 0 fully saturated rings. The molecule has 2 aromatic heterocycles. The van der Waals surface area contributed by atoms with Gasteiger partial charge in [0.15, 0.2) is 11.6 Å². The number of carbonyl (C=O) groups excluding carboxylic acids is 2. The van der Waals surface area contributed by atoms with Crippen LogP contribution in [0, 0.1) is 0 Å². The van der Waals surface area contributed by atoms with Crippen molar-refractivity contribution in [3.63, 3.8) is 0 Å². The lowest BCUT2D eigenvalue weighted by atomic mass is 10.1. The van der Waals surface area contributed by atoms with Crippen molar-refractivity contribution < 1.29 is 24.2 Å². The number of hydrogen-bond donors (Lipinski definition) is 2. The first-order chi connectivity index (χ1) is 17.4. The zero-order valence-electron chi connectivity index (χ0n) is 19.5. The second-order valence-electron chi connectivity index (χ2n) is 7.96. The van der Waals surface area contributed by atoms with Gasteiger partial charge in [0, 0.05) is 24.4 Å². The second kappa shape index (κ2) is 12.5. The number of aliphatic carboxylic acids is 1. The molecule has 37 heavy (non-hydrogen) atoms. The molecule has 0 saturated heterocycles. The zero-order chi connectivity index (χ0) is 25.5. The molecule has 0 aliphatic carbocycles. The maximum atomic E-state index is 12.6. The topological polar surface area (TPSA) is 168 Å². The number of nitrogens with two attached hydrogens (primary N) is 1. The SMILES string of the molecule is Cl.NC(CC(=O)O)C(=O)Cn1nnnc1Cc1ccc(-c2nccn2C(=O)OCc2ccccc2)cc1. The molecular formula is C24H24ClN7O5. The van der Waals surface area contributed by atoms with Gasteiger partial charge in [-0.05, 0) is 21.6 Å². The van der Waals surface area contributed by atoms with Gasteiger partial charge in [0.05, 0.1) is 12.5 Å². The van der Waals surface area contributed by atoms with Crippen molar-refractivity contribution in [1.82, 2.24) is 29.8 Å². The minimum Gasteiger partial charge on any atom is -0.481 e. The summed E-state index contributed by atoms with van der Waals surface area (Å²) in [5, 5.41) is 20.2. The lowest BCUT2D eigenvalue weighted by Crippen LogP contribution is -2.36. The molecule has 12 nitrogen and oxygen atoms in total. The molecule has 0 radical (unpaired) electrons. The Bertz CT molecular complexity index is 1360. The summed E-state index contributed by atoms with van der Waals surface area (Å²) in [7, 11) is 0. The number of imidazole rings is 1. The van der Waals surface area contributed by atoms with Crippen LogP contribution in [0.15, 0.2) is 67.0 Å². The Morgan fingerprint density at radius 3 is 2.46 bits per heavy atom. The number of carboxylic acid groups (broad SMARTS) is 1. The van der Waals surface area contributed by atoms with Gasteiger partial charge in [0.25, 0.3) is 0 Å². The van der Waals surface area contributed by atoms with Crippen LogP contribution < -0.4 is 5.73 Å². The average Bonchev–Trinajstić information content (AvgIpc) is 3.53. The molecule has 192 valence electrons. The quantitative estimate of drug-likeness (QED) is 0.312. The van der Waals surface area contributed by atoms with Crippen LogP contribution in [0.4, 0.5) is 4.79 Å². The van der Waals surface area contributed by atoms with E-state index in [2.05, 4.69) is 20.5 Å². The summed E-state index contributed by atoms with van der Waals surface area (Å²) >= 11 is 0. The predicted octanol–water partition coefficient (Wildman–Crippen LogP) is 2.11. The van der Waals surface area contributed by atoms with Gasteiger partial charge in [0.2, 0.25) is 0 Å². The maximum Gasteiger partial charge on any atom is 0.420 e. The first kappa shape index (κ1) is 27.2. The van der Waals surface area contributed by atoms with Gasteiger partial charge in [-0.3, -0.25) is 9.59 Å². The Morgan fingerprint density at radius 1 is 1.03 bits per heavy atom. The van der Waals surface area contributed by atoms with E-state index in [1.807, 2.05) is 42.5 Å². The van der Waals surface area contributed by atoms with E-state index in [4.69, 9.17) is 15.6 Å². The number of Topliss-reactive ketones (excluding diaryl/α,β-unsaturated/α-hetero) is 1. The molecule has 0 spiro atoms. The van der Waals surface area contributed by atoms with E-state index >= 15 is 0 Å². The number of benzene rings is 2. The van der Waals surface area contributed by atoms with Crippen molar-refractivity contribution in [2.24, 2.45) is 5.73 Å². The molecule has 2 aromatic carbocycles. The Labute approximate surface area is 217 Å². The van der Waals surface area contributed by atoms with Crippen molar-refractivity contribution in [2.75, 3.05) is 0 Å². The first-order valence-electron chi connectivity index (χ1n) is 11.0. The monoisotopic (exact) mass is 525 g/mol. The molecule has 1 unspecified atom stereocenters. The third kappa shape index (κ3) is 7.06. The lowest BCUT2D eigenvalue weighted by Gasteiger charge is -2.10. The van der Waals surface area contributed by atoms with E-state index in [1.165, 1.54) is 21.6 Å². The molecule has 3 N–H and O–H groups in total. The summed E-state index contributed by atoms with van der Waals surface area (Å²) < 4.78 is 8.04. The predicted molar refractivity (Wildman–Crippen MR) is 133 cm³/mol.